The topological polar surface area (TPSA) is 55.8 Å². The highest BCUT2D eigenvalue weighted by atomic mass is 19.4. The van der Waals surface area contributed by atoms with Crippen LogP contribution in [0.2, 0.25) is 0 Å². The second kappa shape index (κ2) is 5.38. The lowest BCUT2D eigenvalue weighted by Crippen LogP contribution is -2.18. The first-order valence-electron chi connectivity index (χ1n) is 5.36. The number of halogens is 3. The summed E-state index contributed by atoms with van der Waals surface area (Å²) in [4.78, 5) is 11.6. The molecule has 1 aromatic rings. The largest absolute Gasteiger partial charge is 0.507 e. The van der Waals surface area contributed by atoms with E-state index in [1.54, 1.807) is 0 Å². The SMILES string of the molecule is COc1cc(O)c(C(=O)OC(C)C)c(C(F)(F)F)c1. The number of esters is 1. The van der Waals surface area contributed by atoms with Crippen molar-refractivity contribution in [3.05, 3.63) is 23.3 Å². The smallest absolute Gasteiger partial charge is 0.417 e. The molecule has 0 aliphatic heterocycles. The third-order valence-electron chi connectivity index (χ3n) is 2.18. The van der Waals surface area contributed by atoms with Crippen molar-refractivity contribution in [3.8, 4) is 11.5 Å². The van der Waals surface area contributed by atoms with Gasteiger partial charge >= 0.3 is 12.1 Å². The number of alkyl halides is 3. The van der Waals surface area contributed by atoms with E-state index in [0.29, 0.717) is 6.07 Å². The lowest BCUT2D eigenvalue weighted by Gasteiger charge is -2.16. The van der Waals surface area contributed by atoms with E-state index in [0.717, 1.165) is 13.2 Å². The Bertz CT molecular complexity index is 481. The number of benzene rings is 1. The van der Waals surface area contributed by atoms with Crippen molar-refractivity contribution in [2.75, 3.05) is 7.11 Å². The molecule has 0 aliphatic rings. The van der Waals surface area contributed by atoms with Crippen LogP contribution in [-0.2, 0) is 10.9 Å². The highest BCUT2D eigenvalue weighted by Crippen LogP contribution is 2.39. The van der Waals surface area contributed by atoms with E-state index < -0.39 is 35.1 Å². The van der Waals surface area contributed by atoms with Gasteiger partial charge in [0.05, 0.1) is 18.8 Å². The molecule has 0 saturated heterocycles. The van der Waals surface area contributed by atoms with Crippen molar-refractivity contribution < 1.29 is 32.5 Å². The molecule has 7 heteroatoms. The Morgan fingerprint density at radius 3 is 2.32 bits per heavy atom. The highest BCUT2D eigenvalue weighted by Gasteiger charge is 2.38. The molecular formula is C12H13F3O4. The number of rotatable bonds is 3. The zero-order valence-corrected chi connectivity index (χ0v) is 10.5. The van der Waals surface area contributed by atoms with Gasteiger partial charge in [-0.05, 0) is 19.9 Å². The second-order valence-electron chi connectivity index (χ2n) is 4.02. The van der Waals surface area contributed by atoms with Crippen molar-refractivity contribution in [1.29, 1.82) is 0 Å². The lowest BCUT2D eigenvalue weighted by atomic mass is 10.1. The maximum atomic E-state index is 12.9. The van der Waals surface area contributed by atoms with E-state index in [1.807, 2.05) is 0 Å². The predicted octanol–water partition coefficient (Wildman–Crippen LogP) is 2.98. The van der Waals surface area contributed by atoms with Crippen LogP contribution in [0.3, 0.4) is 0 Å². The van der Waals surface area contributed by atoms with Crippen LogP contribution in [0.4, 0.5) is 13.2 Å². The molecule has 1 aromatic carbocycles. The van der Waals surface area contributed by atoms with Gasteiger partial charge in [0, 0.05) is 6.07 Å². The van der Waals surface area contributed by atoms with Crippen molar-refractivity contribution in [3.63, 3.8) is 0 Å². The third kappa shape index (κ3) is 3.52. The Labute approximate surface area is 107 Å². The van der Waals surface area contributed by atoms with Gasteiger partial charge in [0.2, 0.25) is 0 Å². The molecule has 106 valence electrons. The van der Waals surface area contributed by atoms with E-state index in [-0.39, 0.29) is 5.75 Å². The van der Waals surface area contributed by atoms with Crippen LogP contribution >= 0.6 is 0 Å². The van der Waals surface area contributed by atoms with E-state index in [9.17, 15) is 23.1 Å². The summed E-state index contributed by atoms with van der Waals surface area (Å²) in [6, 6.07) is 1.56. The molecule has 0 radical (unpaired) electrons. The Morgan fingerprint density at radius 2 is 1.89 bits per heavy atom. The number of carbonyl (C=O) groups is 1. The maximum Gasteiger partial charge on any atom is 0.417 e. The molecule has 0 fully saturated rings. The molecule has 0 atom stereocenters. The molecule has 0 spiro atoms. The molecule has 0 heterocycles. The standard InChI is InChI=1S/C12H13F3O4/c1-6(2)19-11(17)10-8(12(13,14)15)4-7(18-3)5-9(10)16/h4-6,16H,1-3H3. The van der Waals surface area contributed by atoms with Crippen molar-refractivity contribution in [2.24, 2.45) is 0 Å². The maximum absolute atomic E-state index is 12.9. The fourth-order valence-electron chi connectivity index (χ4n) is 1.43. The van der Waals surface area contributed by atoms with Gasteiger partial charge in [-0.25, -0.2) is 4.79 Å². The first-order chi connectivity index (χ1) is 8.66. The normalized spacial score (nSPS) is 11.5. The number of methoxy groups -OCH3 is 1. The van der Waals surface area contributed by atoms with E-state index in [4.69, 9.17) is 0 Å². The van der Waals surface area contributed by atoms with Gasteiger partial charge in [-0.15, -0.1) is 0 Å². The summed E-state index contributed by atoms with van der Waals surface area (Å²) in [5, 5.41) is 9.57. The number of hydrogen-bond donors (Lipinski definition) is 1. The third-order valence-corrected chi connectivity index (χ3v) is 2.18. The summed E-state index contributed by atoms with van der Waals surface area (Å²) in [7, 11) is 1.15. The van der Waals surface area contributed by atoms with Gasteiger partial charge in [0.15, 0.2) is 0 Å². The molecule has 1 N–H and O–H groups in total. The summed E-state index contributed by atoms with van der Waals surface area (Å²) in [6.45, 7) is 2.98. The molecule has 0 aliphatic carbocycles. The Balaban J connectivity index is 3.40. The van der Waals surface area contributed by atoms with Gasteiger partial charge < -0.3 is 14.6 Å². The average molecular weight is 278 g/mol. The Hall–Kier alpha value is -1.92. The summed E-state index contributed by atoms with van der Waals surface area (Å²) < 4.78 is 47.9. The Morgan fingerprint density at radius 1 is 1.32 bits per heavy atom. The number of phenolic OH excluding ortho intramolecular Hbond substituents is 1. The van der Waals surface area contributed by atoms with Crippen molar-refractivity contribution in [1.82, 2.24) is 0 Å². The fraction of sp³-hybridized carbons (Fsp3) is 0.417. The van der Waals surface area contributed by atoms with Crippen LogP contribution in [0, 0.1) is 0 Å². The molecular weight excluding hydrogens is 265 g/mol. The Kier molecular flexibility index (Phi) is 4.28. The number of phenols is 1. The number of hydrogen-bond acceptors (Lipinski definition) is 4. The van der Waals surface area contributed by atoms with Gasteiger partial charge in [-0.3, -0.25) is 0 Å². The number of aromatic hydroxyl groups is 1. The minimum Gasteiger partial charge on any atom is -0.507 e. The fourth-order valence-corrected chi connectivity index (χ4v) is 1.43. The summed E-state index contributed by atoms with van der Waals surface area (Å²) in [6.07, 6.45) is -5.41. The van der Waals surface area contributed by atoms with Crippen LogP contribution in [-0.4, -0.2) is 24.3 Å². The molecule has 0 amide bonds. The zero-order chi connectivity index (χ0) is 14.8. The minimum atomic E-state index is -4.81. The minimum absolute atomic E-state index is 0.203. The van der Waals surface area contributed by atoms with Crippen LogP contribution in [0.25, 0.3) is 0 Å². The van der Waals surface area contributed by atoms with Gasteiger partial charge in [0.1, 0.15) is 17.1 Å². The molecule has 0 aromatic heterocycles. The van der Waals surface area contributed by atoms with Crippen LogP contribution in [0.5, 0.6) is 11.5 Å². The first kappa shape index (κ1) is 15.1. The van der Waals surface area contributed by atoms with Crippen molar-refractivity contribution in [2.45, 2.75) is 26.1 Å². The average Bonchev–Trinajstić information content (AvgIpc) is 2.25. The molecule has 0 saturated carbocycles. The van der Waals surface area contributed by atoms with Gasteiger partial charge in [0.25, 0.3) is 0 Å². The summed E-state index contributed by atoms with van der Waals surface area (Å²) >= 11 is 0. The quantitative estimate of drug-likeness (QED) is 0.863. The zero-order valence-electron chi connectivity index (χ0n) is 10.5. The van der Waals surface area contributed by atoms with E-state index in [1.165, 1.54) is 13.8 Å². The number of ether oxygens (including phenoxy) is 2. The van der Waals surface area contributed by atoms with E-state index in [2.05, 4.69) is 9.47 Å². The second-order valence-corrected chi connectivity index (χ2v) is 4.02. The van der Waals surface area contributed by atoms with Crippen molar-refractivity contribution >= 4 is 5.97 Å². The molecule has 0 unspecified atom stereocenters. The molecule has 4 nitrogen and oxygen atoms in total. The highest BCUT2D eigenvalue weighted by molar-refractivity contribution is 5.94. The summed E-state index contributed by atoms with van der Waals surface area (Å²) in [5.41, 5.74) is -2.21. The van der Waals surface area contributed by atoms with Gasteiger partial charge in [-0.1, -0.05) is 0 Å². The molecule has 19 heavy (non-hydrogen) atoms. The number of carbonyl (C=O) groups excluding carboxylic acids is 1. The van der Waals surface area contributed by atoms with Crippen LogP contribution < -0.4 is 4.74 Å². The lowest BCUT2D eigenvalue weighted by molar-refractivity contribution is -0.138. The van der Waals surface area contributed by atoms with Gasteiger partial charge in [-0.2, -0.15) is 13.2 Å². The monoisotopic (exact) mass is 278 g/mol. The van der Waals surface area contributed by atoms with Crippen LogP contribution in [0.1, 0.15) is 29.8 Å². The molecule has 0 bridgehead atoms. The predicted molar refractivity (Wildman–Crippen MR) is 60.2 cm³/mol. The van der Waals surface area contributed by atoms with Crippen LogP contribution in [0.15, 0.2) is 12.1 Å². The summed E-state index contributed by atoms with van der Waals surface area (Å²) in [5.74, 6) is -2.27. The molecule has 1 rings (SSSR count). The van der Waals surface area contributed by atoms with E-state index >= 15 is 0 Å². The first-order valence-corrected chi connectivity index (χ1v) is 5.36.